The van der Waals surface area contributed by atoms with Crippen molar-refractivity contribution < 1.29 is 4.79 Å². The summed E-state index contributed by atoms with van der Waals surface area (Å²) >= 11 is 0. The highest BCUT2D eigenvalue weighted by Crippen LogP contribution is 2.23. The number of rotatable bonds is 7. The molecule has 130 valence electrons. The van der Waals surface area contributed by atoms with Gasteiger partial charge in [0.05, 0.1) is 0 Å². The molecule has 0 aliphatic rings. The quantitative estimate of drug-likeness (QED) is 0.454. The summed E-state index contributed by atoms with van der Waals surface area (Å²) in [6.45, 7) is 6.15. The summed E-state index contributed by atoms with van der Waals surface area (Å²) in [6.07, 6.45) is 2.39. The lowest BCUT2D eigenvalue weighted by molar-refractivity contribution is -0.112. The number of carbonyl (C=O) groups excluding carboxylic acids is 1. The van der Waals surface area contributed by atoms with Gasteiger partial charge in [0.25, 0.3) is 0 Å². The highest BCUT2D eigenvalue weighted by molar-refractivity contribution is 7.21. The zero-order valence-electron chi connectivity index (χ0n) is 15.1. The van der Waals surface area contributed by atoms with Gasteiger partial charge >= 0.3 is 0 Å². The molecule has 1 unspecified atom stereocenters. The molecule has 0 N–H and O–H groups in total. The fourth-order valence-corrected chi connectivity index (χ4v) is 6.80. The molecule has 3 aromatic rings. The van der Waals surface area contributed by atoms with Crippen LogP contribution < -0.4 is 10.4 Å². The van der Waals surface area contributed by atoms with Crippen molar-refractivity contribution in [1.29, 1.82) is 0 Å². The Kier molecular flexibility index (Phi) is 5.64. The second kappa shape index (κ2) is 8.11. The second-order valence-corrected chi connectivity index (χ2v) is 10.7. The Bertz CT molecular complexity index is 817. The minimum absolute atomic E-state index is 0.0444. The lowest BCUT2D eigenvalue weighted by atomic mass is 9.97. The average molecular weight is 357 g/mol. The van der Waals surface area contributed by atoms with Crippen molar-refractivity contribution in [3.63, 3.8) is 0 Å². The molecule has 3 rings (SSSR count). The van der Waals surface area contributed by atoms with E-state index >= 15 is 0 Å². The molecule has 0 aliphatic carbocycles. The van der Waals surface area contributed by atoms with Gasteiger partial charge in [-0.3, -0.25) is 0 Å². The first kappa shape index (κ1) is 18.1. The van der Waals surface area contributed by atoms with E-state index in [1.165, 1.54) is 0 Å². The molecule has 0 aromatic heterocycles. The lowest BCUT2D eigenvalue weighted by Gasteiger charge is -2.28. The zero-order valence-corrected chi connectivity index (χ0v) is 16.1. The third-order valence-corrected chi connectivity index (χ3v) is 9.47. The molecular formula is C24H24OSi. The lowest BCUT2D eigenvalue weighted by Crippen LogP contribution is -2.62. The Hall–Kier alpha value is -2.71. The van der Waals surface area contributed by atoms with Gasteiger partial charge in [-0.05, 0) is 15.9 Å². The zero-order chi connectivity index (χ0) is 18.4. The SMILES string of the molecule is C=CC(CC(=O)[Si](C)(c1ccccc1)c1ccccc1)c1ccccc1. The summed E-state index contributed by atoms with van der Waals surface area (Å²) in [5, 5.41) is 2.66. The van der Waals surface area contributed by atoms with E-state index in [1.807, 2.05) is 60.7 Å². The molecule has 0 heterocycles. The third-order valence-electron chi connectivity index (χ3n) is 5.18. The van der Waals surface area contributed by atoms with Gasteiger partial charge in [-0.2, -0.15) is 0 Å². The molecule has 1 nitrogen and oxygen atoms in total. The van der Waals surface area contributed by atoms with Crippen LogP contribution in [0.1, 0.15) is 17.9 Å². The maximum absolute atomic E-state index is 13.6. The van der Waals surface area contributed by atoms with Crippen LogP contribution in [0.4, 0.5) is 0 Å². The van der Waals surface area contributed by atoms with E-state index in [-0.39, 0.29) is 5.92 Å². The fraction of sp³-hybridized carbons (Fsp3) is 0.125. The number of benzene rings is 3. The van der Waals surface area contributed by atoms with E-state index in [0.29, 0.717) is 11.8 Å². The van der Waals surface area contributed by atoms with Gasteiger partial charge in [-0.25, -0.2) is 0 Å². The summed E-state index contributed by atoms with van der Waals surface area (Å²) in [7, 11) is -2.50. The molecule has 0 radical (unpaired) electrons. The van der Waals surface area contributed by atoms with Crippen molar-refractivity contribution in [2.24, 2.45) is 0 Å². The number of allylic oxidation sites excluding steroid dienone is 1. The van der Waals surface area contributed by atoms with E-state index < -0.39 is 8.07 Å². The Balaban J connectivity index is 2.00. The topological polar surface area (TPSA) is 17.1 Å². The van der Waals surface area contributed by atoms with Crippen molar-refractivity contribution in [3.8, 4) is 0 Å². The van der Waals surface area contributed by atoms with Crippen molar-refractivity contribution in [2.75, 3.05) is 0 Å². The van der Waals surface area contributed by atoms with Crippen LogP contribution >= 0.6 is 0 Å². The molecular weight excluding hydrogens is 332 g/mol. The van der Waals surface area contributed by atoms with E-state index in [1.54, 1.807) is 0 Å². The van der Waals surface area contributed by atoms with Crippen molar-refractivity contribution in [1.82, 2.24) is 0 Å². The van der Waals surface area contributed by atoms with Gasteiger partial charge in [-0.15, -0.1) is 6.58 Å². The number of hydrogen-bond donors (Lipinski definition) is 0. The van der Waals surface area contributed by atoms with Gasteiger partial charge in [0.1, 0.15) is 5.41 Å². The first-order valence-electron chi connectivity index (χ1n) is 8.98. The van der Waals surface area contributed by atoms with Crippen LogP contribution in [0.5, 0.6) is 0 Å². The predicted octanol–water partition coefficient (Wildman–Crippen LogP) is 4.35. The molecule has 1 atom stereocenters. The number of carbonyl (C=O) groups is 1. The summed E-state index contributed by atoms with van der Waals surface area (Å²) in [5.41, 5.74) is 1.15. The molecule has 0 saturated carbocycles. The smallest absolute Gasteiger partial charge is 0.190 e. The average Bonchev–Trinajstić information content (AvgIpc) is 2.73. The van der Waals surface area contributed by atoms with E-state index in [2.05, 4.69) is 49.5 Å². The third kappa shape index (κ3) is 3.61. The molecule has 0 spiro atoms. The molecule has 0 saturated heterocycles. The Morgan fingerprint density at radius 2 is 1.27 bits per heavy atom. The van der Waals surface area contributed by atoms with Gasteiger partial charge in [0, 0.05) is 12.3 Å². The minimum atomic E-state index is -2.50. The van der Waals surface area contributed by atoms with Gasteiger partial charge in [-0.1, -0.05) is 104 Å². The van der Waals surface area contributed by atoms with Crippen LogP contribution in [-0.4, -0.2) is 13.5 Å². The van der Waals surface area contributed by atoms with E-state index in [9.17, 15) is 4.79 Å². The Labute approximate surface area is 157 Å². The maximum Gasteiger partial charge on any atom is 0.190 e. The number of hydrogen-bond acceptors (Lipinski definition) is 1. The summed E-state index contributed by atoms with van der Waals surface area (Å²) < 4.78 is 0. The molecule has 26 heavy (non-hydrogen) atoms. The Morgan fingerprint density at radius 3 is 1.69 bits per heavy atom. The highest BCUT2D eigenvalue weighted by atomic mass is 28.3. The molecule has 0 fully saturated rings. The molecule has 0 amide bonds. The van der Waals surface area contributed by atoms with Crippen molar-refractivity contribution in [2.45, 2.75) is 18.9 Å². The molecule has 0 bridgehead atoms. The largest absolute Gasteiger partial charge is 0.304 e. The summed E-state index contributed by atoms with van der Waals surface area (Å²) in [4.78, 5) is 13.6. The van der Waals surface area contributed by atoms with E-state index in [0.717, 1.165) is 15.9 Å². The van der Waals surface area contributed by atoms with Gasteiger partial charge < -0.3 is 4.79 Å². The van der Waals surface area contributed by atoms with Crippen LogP contribution in [0, 0.1) is 0 Å². The van der Waals surface area contributed by atoms with E-state index in [4.69, 9.17) is 0 Å². The molecule has 2 heteroatoms. The summed E-state index contributed by atoms with van der Waals surface area (Å²) in [6, 6.07) is 30.7. The standard InChI is InChI=1S/C24H24OSi/c1-3-20(21-13-7-4-8-14-21)19-24(25)26(2,22-15-9-5-10-16-22)23-17-11-6-12-18-23/h3-18,20H,1,19H2,2H3. The fourth-order valence-electron chi connectivity index (χ4n) is 3.47. The molecule has 3 aromatic carbocycles. The van der Waals surface area contributed by atoms with Gasteiger partial charge in [0.15, 0.2) is 8.07 Å². The van der Waals surface area contributed by atoms with Crippen LogP contribution in [0.2, 0.25) is 6.55 Å². The van der Waals surface area contributed by atoms with Gasteiger partial charge in [0.2, 0.25) is 0 Å². The summed E-state index contributed by atoms with van der Waals surface area (Å²) in [5.74, 6) is 0.0444. The first-order valence-corrected chi connectivity index (χ1v) is 11.5. The monoisotopic (exact) mass is 356 g/mol. The normalized spacial score (nSPS) is 12.3. The van der Waals surface area contributed by atoms with Crippen LogP contribution in [-0.2, 0) is 4.79 Å². The maximum atomic E-state index is 13.6. The molecule has 0 aliphatic heterocycles. The first-order chi connectivity index (χ1) is 12.7. The van der Waals surface area contributed by atoms with Crippen LogP contribution in [0.25, 0.3) is 0 Å². The second-order valence-electron chi connectivity index (χ2n) is 6.74. The Morgan fingerprint density at radius 1 is 0.846 bits per heavy atom. The highest BCUT2D eigenvalue weighted by Gasteiger charge is 2.40. The van der Waals surface area contributed by atoms with Crippen molar-refractivity contribution >= 4 is 23.9 Å². The van der Waals surface area contributed by atoms with Crippen molar-refractivity contribution in [3.05, 3.63) is 109 Å². The predicted molar refractivity (Wildman–Crippen MR) is 113 cm³/mol. The minimum Gasteiger partial charge on any atom is -0.304 e. The van der Waals surface area contributed by atoms with Crippen LogP contribution in [0.15, 0.2) is 104 Å². The van der Waals surface area contributed by atoms with Crippen LogP contribution in [0.3, 0.4) is 0 Å².